The summed E-state index contributed by atoms with van der Waals surface area (Å²) in [4.78, 5) is 33.4. The number of nitrogens with zero attached hydrogens (tertiary/aromatic N) is 2. The Hall–Kier alpha value is -2.62. The number of carbonyl (C=O) groups is 1. The monoisotopic (exact) mass is 313 g/mol. The quantitative estimate of drug-likeness (QED) is 0.802. The van der Waals surface area contributed by atoms with Crippen molar-refractivity contribution in [3.05, 3.63) is 45.3 Å². The van der Waals surface area contributed by atoms with Crippen LogP contribution in [0.2, 0.25) is 0 Å². The van der Waals surface area contributed by atoms with Crippen LogP contribution in [0.15, 0.2) is 43.3 Å². The molecule has 0 aliphatic carbocycles. The third-order valence-electron chi connectivity index (χ3n) is 2.57. The second-order valence-electron chi connectivity index (χ2n) is 4.14. The number of hydrogen-bond acceptors (Lipinski definition) is 6. The molecular formula is C11H11N3O6S. The highest BCUT2D eigenvalue weighted by molar-refractivity contribution is 7.89. The molecular weight excluding hydrogens is 302 g/mol. The molecule has 2 aromatic rings. The Balaban J connectivity index is 2.49. The van der Waals surface area contributed by atoms with Crippen LogP contribution in [0, 0.1) is 0 Å². The first-order valence-corrected chi connectivity index (χ1v) is 7.10. The molecule has 1 amide bonds. The van der Waals surface area contributed by atoms with E-state index in [-0.39, 0.29) is 14.9 Å². The highest BCUT2D eigenvalue weighted by Crippen LogP contribution is 2.15. The van der Waals surface area contributed by atoms with Crippen LogP contribution < -0.4 is 16.8 Å². The van der Waals surface area contributed by atoms with Gasteiger partial charge in [0.25, 0.3) is 10.0 Å². The van der Waals surface area contributed by atoms with Crippen LogP contribution in [0.4, 0.5) is 5.69 Å². The molecule has 1 aromatic heterocycles. The number of benzene rings is 1. The molecule has 2 rings (SSSR count). The van der Waals surface area contributed by atoms with Crippen molar-refractivity contribution in [2.75, 3.05) is 5.32 Å². The number of amides is 1. The second kappa shape index (κ2) is 5.05. The van der Waals surface area contributed by atoms with Crippen LogP contribution in [0.25, 0.3) is 0 Å². The molecule has 0 bridgehead atoms. The number of aromatic nitrogens is 2. The molecule has 0 spiro atoms. The lowest BCUT2D eigenvalue weighted by Crippen LogP contribution is -2.29. The zero-order valence-electron chi connectivity index (χ0n) is 11.1. The molecule has 0 aliphatic rings. The van der Waals surface area contributed by atoms with E-state index < -0.39 is 21.5 Å². The molecule has 1 heterocycles. The van der Waals surface area contributed by atoms with Gasteiger partial charge in [0.05, 0.1) is 4.90 Å². The Labute approximate surface area is 118 Å². The van der Waals surface area contributed by atoms with E-state index in [1.165, 1.54) is 31.2 Å². The maximum atomic E-state index is 12.2. The van der Waals surface area contributed by atoms with Crippen LogP contribution in [0.5, 0.6) is 0 Å². The topological polar surface area (TPSA) is 120 Å². The van der Waals surface area contributed by atoms with Crippen molar-refractivity contribution in [1.82, 2.24) is 8.71 Å². The molecule has 0 unspecified atom stereocenters. The summed E-state index contributed by atoms with van der Waals surface area (Å²) < 4.78 is 29.3. The third-order valence-corrected chi connectivity index (χ3v) is 4.10. The molecule has 0 aliphatic heterocycles. The van der Waals surface area contributed by atoms with Crippen LogP contribution in [0.3, 0.4) is 0 Å². The van der Waals surface area contributed by atoms with Crippen molar-refractivity contribution in [2.45, 2.75) is 11.8 Å². The highest BCUT2D eigenvalue weighted by atomic mass is 32.2. The first-order chi connectivity index (χ1) is 9.73. The number of carbonyl (C=O) groups excluding carboxylic acids is 1. The Bertz CT molecular complexity index is 901. The second-order valence-corrected chi connectivity index (χ2v) is 5.89. The number of anilines is 1. The highest BCUT2D eigenvalue weighted by Gasteiger charge is 2.24. The minimum atomic E-state index is -4.31. The van der Waals surface area contributed by atoms with Crippen molar-refractivity contribution in [3.63, 3.8) is 0 Å². The zero-order chi connectivity index (χ0) is 15.8. The zero-order valence-corrected chi connectivity index (χ0v) is 11.9. The van der Waals surface area contributed by atoms with Crippen LogP contribution in [0.1, 0.15) is 6.92 Å². The van der Waals surface area contributed by atoms with E-state index in [4.69, 9.17) is 0 Å². The summed E-state index contributed by atoms with van der Waals surface area (Å²) in [5.74, 6) is -1.39. The summed E-state index contributed by atoms with van der Waals surface area (Å²) in [6, 6.07) is 5.06. The Morgan fingerprint density at radius 1 is 1.19 bits per heavy atom. The van der Waals surface area contributed by atoms with E-state index >= 15 is 0 Å². The van der Waals surface area contributed by atoms with Gasteiger partial charge in [-0.2, -0.15) is 8.42 Å². The van der Waals surface area contributed by atoms with Gasteiger partial charge in [-0.25, -0.2) is 14.2 Å². The average molecular weight is 313 g/mol. The molecule has 0 radical (unpaired) electrons. The Kier molecular flexibility index (Phi) is 3.56. The van der Waals surface area contributed by atoms with E-state index in [1.54, 1.807) is 0 Å². The van der Waals surface area contributed by atoms with Gasteiger partial charge in [-0.15, -0.1) is 0 Å². The normalized spacial score (nSPS) is 11.3. The molecule has 1 aromatic carbocycles. The van der Waals surface area contributed by atoms with Gasteiger partial charge in [-0.1, -0.05) is 0 Å². The van der Waals surface area contributed by atoms with E-state index in [1.807, 2.05) is 0 Å². The SMILES string of the molecule is CC(=O)Nc1ccc(S(=O)(=O)n2oc(=O)n(C)c2=O)cc1. The van der Waals surface area contributed by atoms with E-state index in [2.05, 4.69) is 9.84 Å². The van der Waals surface area contributed by atoms with Gasteiger partial charge in [0.2, 0.25) is 5.91 Å². The standard InChI is InChI=1S/C11H11N3O6S/c1-7(15)12-8-3-5-9(6-4-8)21(18,19)14-10(16)13(2)11(17)20-14/h3-6H,1-2H3,(H,12,15). The molecule has 9 nitrogen and oxygen atoms in total. The number of nitrogens with one attached hydrogen (secondary N) is 1. The smallest absolute Gasteiger partial charge is 0.326 e. The van der Waals surface area contributed by atoms with Crippen molar-refractivity contribution in [3.8, 4) is 0 Å². The summed E-state index contributed by atoms with van der Waals surface area (Å²) in [5, 5.41) is 2.47. The molecule has 0 atom stereocenters. The van der Waals surface area contributed by atoms with Crippen molar-refractivity contribution >= 4 is 21.6 Å². The summed E-state index contributed by atoms with van der Waals surface area (Å²) in [6.45, 7) is 1.31. The lowest BCUT2D eigenvalue weighted by molar-refractivity contribution is -0.114. The molecule has 1 N–H and O–H groups in total. The van der Waals surface area contributed by atoms with Crippen LogP contribution >= 0.6 is 0 Å². The largest absolute Gasteiger partial charge is 0.443 e. The summed E-state index contributed by atoms with van der Waals surface area (Å²) in [5.41, 5.74) is -0.714. The molecule has 10 heteroatoms. The van der Waals surface area contributed by atoms with E-state index in [0.29, 0.717) is 10.3 Å². The minimum Gasteiger partial charge on any atom is -0.326 e. The third kappa shape index (κ3) is 2.65. The Morgan fingerprint density at radius 2 is 1.76 bits per heavy atom. The average Bonchev–Trinajstić information content (AvgIpc) is 2.67. The van der Waals surface area contributed by atoms with Crippen LogP contribution in [-0.2, 0) is 21.9 Å². The first-order valence-electron chi connectivity index (χ1n) is 5.66. The fourth-order valence-corrected chi connectivity index (χ4v) is 2.69. The van der Waals surface area contributed by atoms with Gasteiger partial charge >= 0.3 is 11.4 Å². The fourth-order valence-electron chi connectivity index (χ4n) is 1.53. The van der Waals surface area contributed by atoms with Gasteiger partial charge in [0, 0.05) is 19.7 Å². The number of rotatable bonds is 3. The van der Waals surface area contributed by atoms with Gasteiger partial charge in [0.1, 0.15) is 0 Å². The van der Waals surface area contributed by atoms with E-state index in [9.17, 15) is 22.8 Å². The van der Waals surface area contributed by atoms with Crippen molar-refractivity contribution in [2.24, 2.45) is 7.05 Å². The lowest BCUT2D eigenvalue weighted by Gasteiger charge is -2.04. The first kappa shape index (κ1) is 14.8. The minimum absolute atomic E-state index is 0.0166. The number of hydrogen-bond donors (Lipinski definition) is 1. The summed E-state index contributed by atoms with van der Waals surface area (Å²) in [6.07, 6.45) is 0. The Morgan fingerprint density at radius 3 is 2.19 bits per heavy atom. The molecule has 0 fully saturated rings. The summed E-state index contributed by atoms with van der Waals surface area (Å²) >= 11 is 0. The van der Waals surface area contributed by atoms with Crippen molar-refractivity contribution < 1.29 is 17.7 Å². The predicted molar refractivity (Wildman–Crippen MR) is 71.5 cm³/mol. The maximum absolute atomic E-state index is 12.2. The van der Waals surface area contributed by atoms with E-state index in [0.717, 1.165) is 7.05 Å². The van der Waals surface area contributed by atoms with Gasteiger partial charge < -0.3 is 9.84 Å². The predicted octanol–water partition coefficient (Wildman–Crippen LogP) is -0.665. The molecule has 0 saturated heterocycles. The van der Waals surface area contributed by atoms with Gasteiger partial charge in [0.15, 0.2) is 0 Å². The lowest BCUT2D eigenvalue weighted by atomic mass is 10.3. The molecule has 21 heavy (non-hydrogen) atoms. The van der Waals surface area contributed by atoms with Crippen molar-refractivity contribution in [1.29, 1.82) is 0 Å². The van der Waals surface area contributed by atoms with Gasteiger partial charge in [-0.05, 0) is 28.4 Å². The maximum Gasteiger partial charge on any atom is 0.443 e. The molecule has 0 saturated carbocycles. The molecule has 112 valence electrons. The fraction of sp³-hybridized carbons (Fsp3) is 0.182. The van der Waals surface area contributed by atoms with Gasteiger partial charge in [-0.3, -0.25) is 4.79 Å². The van der Waals surface area contributed by atoms with Crippen LogP contribution in [-0.4, -0.2) is 23.0 Å². The summed E-state index contributed by atoms with van der Waals surface area (Å²) in [7, 11) is -3.22.